The number of rotatable bonds is 3. The highest BCUT2D eigenvalue weighted by atomic mass is 19.1. The van der Waals surface area contributed by atoms with E-state index in [1.54, 1.807) is 6.42 Å². The van der Waals surface area contributed by atoms with E-state index in [1.807, 2.05) is 4.90 Å². The molecule has 63 valence electrons. The van der Waals surface area contributed by atoms with Gasteiger partial charge in [0.05, 0.1) is 0 Å². The first-order valence-corrected chi connectivity index (χ1v) is 3.96. The average Bonchev–Trinajstić information content (AvgIpc) is 2.01. The predicted molar refractivity (Wildman–Crippen MR) is 40.9 cm³/mol. The summed E-state index contributed by atoms with van der Waals surface area (Å²) in [5.41, 5.74) is 0. The Morgan fingerprint density at radius 1 is 1.73 bits per heavy atom. The van der Waals surface area contributed by atoms with Crippen molar-refractivity contribution in [2.75, 3.05) is 19.6 Å². The fourth-order valence-electron chi connectivity index (χ4n) is 1.29. The lowest BCUT2D eigenvalue weighted by Crippen LogP contribution is -2.37. The Bertz CT molecular complexity index is 129. The number of piperidine rings is 1. The molecular formula is C8H13FNO. The summed E-state index contributed by atoms with van der Waals surface area (Å²) in [6.07, 6.45) is 3.10. The van der Waals surface area contributed by atoms with E-state index in [9.17, 15) is 9.18 Å². The molecular weight excluding hydrogens is 145 g/mol. The van der Waals surface area contributed by atoms with E-state index in [2.05, 4.69) is 0 Å². The van der Waals surface area contributed by atoms with Gasteiger partial charge in [-0.05, 0) is 19.4 Å². The van der Waals surface area contributed by atoms with E-state index in [1.165, 1.54) is 0 Å². The molecule has 1 radical (unpaired) electrons. The summed E-state index contributed by atoms with van der Waals surface area (Å²) in [5.74, 6) is 0. The first-order valence-electron chi connectivity index (χ1n) is 3.96. The summed E-state index contributed by atoms with van der Waals surface area (Å²) < 4.78 is 12.7. The first kappa shape index (κ1) is 8.65. The van der Waals surface area contributed by atoms with Gasteiger partial charge in [0, 0.05) is 19.5 Å². The fourth-order valence-corrected chi connectivity index (χ4v) is 1.29. The van der Waals surface area contributed by atoms with E-state index < -0.39 is 6.17 Å². The molecule has 0 bridgehead atoms. The number of carbonyl (C=O) groups is 1. The van der Waals surface area contributed by atoms with Crippen molar-refractivity contribution in [3.63, 3.8) is 0 Å². The molecule has 0 aliphatic carbocycles. The topological polar surface area (TPSA) is 20.3 Å². The minimum Gasteiger partial charge on any atom is -0.303 e. The molecule has 1 aliphatic rings. The van der Waals surface area contributed by atoms with Crippen LogP contribution in [0.3, 0.4) is 0 Å². The number of likely N-dealkylation sites (tertiary alicyclic amines) is 1. The van der Waals surface area contributed by atoms with Gasteiger partial charge in [0.2, 0.25) is 0 Å². The largest absolute Gasteiger partial charge is 0.303 e. The molecule has 1 fully saturated rings. The van der Waals surface area contributed by atoms with Crippen LogP contribution in [0.1, 0.15) is 12.8 Å². The van der Waals surface area contributed by atoms with E-state index >= 15 is 0 Å². The molecule has 11 heavy (non-hydrogen) atoms. The fraction of sp³-hybridized carbons (Fsp3) is 0.750. The lowest BCUT2D eigenvalue weighted by atomic mass is 10.1. The second-order valence-electron chi connectivity index (χ2n) is 2.80. The monoisotopic (exact) mass is 158 g/mol. The lowest BCUT2D eigenvalue weighted by Gasteiger charge is -2.27. The molecule has 0 amide bonds. The molecule has 1 rings (SSSR count). The summed E-state index contributed by atoms with van der Waals surface area (Å²) in [6.45, 7) is 2.07. The highest BCUT2D eigenvalue weighted by molar-refractivity contribution is 5.49. The van der Waals surface area contributed by atoms with E-state index in [4.69, 9.17) is 0 Å². The third-order valence-corrected chi connectivity index (χ3v) is 1.86. The van der Waals surface area contributed by atoms with Crippen LogP contribution in [0.15, 0.2) is 0 Å². The Morgan fingerprint density at radius 3 is 3.18 bits per heavy atom. The average molecular weight is 158 g/mol. The van der Waals surface area contributed by atoms with Gasteiger partial charge in [-0.15, -0.1) is 0 Å². The number of alkyl halides is 1. The van der Waals surface area contributed by atoms with Gasteiger partial charge in [-0.2, -0.15) is 0 Å². The van der Waals surface area contributed by atoms with Gasteiger partial charge in [-0.1, -0.05) is 0 Å². The Hall–Kier alpha value is -0.440. The molecule has 1 saturated heterocycles. The van der Waals surface area contributed by atoms with Gasteiger partial charge in [-0.3, -0.25) is 0 Å². The van der Waals surface area contributed by atoms with Crippen LogP contribution in [0.25, 0.3) is 0 Å². The van der Waals surface area contributed by atoms with Crippen LogP contribution >= 0.6 is 0 Å². The third-order valence-electron chi connectivity index (χ3n) is 1.86. The molecule has 0 N–H and O–H groups in total. The van der Waals surface area contributed by atoms with Crippen molar-refractivity contribution in [1.82, 2.24) is 4.90 Å². The maximum Gasteiger partial charge on any atom is 0.121 e. The Balaban J connectivity index is 2.17. The van der Waals surface area contributed by atoms with Crippen LogP contribution in [0.2, 0.25) is 0 Å². The van der Waals surface area contributed by atoms with Crippen LogP contribution in [0.5, 0.6) is 0 Å². The molecule has 0 aromatic heterocycles. The zero-order valence-corrected chi connectivity index (χ0v) is 6.50. The van der Waals surface area contributed by atoms with Crippen LogP contribution in [-0.2, 0) is 4.79 Å². The zero-order valence-electron chi connectivity index (χ0n) is 6.50. The van der Waals surface area contributed by atoms with Crippen LogP contribution in [0, 0.1) is 6.42 Å². The summed E-state index contributed by atoms with van der Waals surface area (Å²) in [5, 5.41) is 0. The number of hydrogen-bond donors (Lipinski definition) is 0. The lowest BCUT2D eigenvalue weighted by molar-refractivity contribution is -0.108. The highest BCUT2D eigenvalue weighted by Crippen LogP contribution is 2.11. The number of carbonyl (C=O) groups excluding carboxylic acids is 1. The molecule has 1 heterocycles. The normalized spacial score (nSPS) is 26.8. The Kier molecular flexibility index (Phi) is 3.49. The zero-order chi connectivity index (χ0) is 8.10. The molecule has 3 heteroatoms. The van der Waals surface area contributed by atoms with Gasteiger partial charge in [-0.25, -0.2) is 4.39 Å². The van der Waals surface area contributed by atoms with Crippen molar-refractivity contribution in [2.45, 2.75) is 19.0 Å². The van der Waals surface area contributed by atoms with Gasteiger partial charge in [0.25, 0.3) is 0 Å². The number of nitrogens with zero attached hydrogens (tertiary/aromatic N) is 1. The number of aldehydes is 1. The SMILES string of the molecule is O=CCCN1CC[CH]C(F)C1. The third kappa shape index (κ3) is 2.97. The smallest absolute Gasteiger partial charge is 0.121 e. The number of hydrogen-bond acceptors (Lipinski definition) is 2. The second-order valence-corrected chi connectivity index (χ2v) is 2.80. The standard InChI is InChI=1S/C8H13FNO/c9-8-3-1-4-10(7-8)5-2-6-11/h3,6,8H,1-2,4-5,7H2. The van der Waals surface area contributed by atoms with E-state index in [0.29, 0.717) is 19.5 Å². The molecule has 0 spiro atoms. The summed E-state index contributed by atoms with van der Waals surface area (Å²) >= 11 is 0. The molecule has 1 unspecified atom stereocenters. The summed E-state index contributed by atoms with van der Waals surface area (Å²) in [6, 6.07) is 0. The number of halogens is 1. The van der Waals surface area contributed by atoms with Crippen molar-refractivity contribution in [3.05, 3.63) is 6.42 Å². The Morgan fingerprint density at radius 2 is 2.55 bits per heavy atom. The maximum absolute atomic E-state index is 12.7. The molecule has 2 nitrogen and oxygen atoms in total. The molecule has 0 aromatic rings. The minimum absolute atomic E-state index is 0.466. The van der Waals surface area contributed by atoms with Crippen LogP contribution in [0.4, 0.5) is 4.39 Å². The van der Waals surface area contributed by atoms with E-state index in [0.717, 1.165) is 19.3 Å². The minimum atomic E-state index is -0.796. The van der Waals surface area contributed by atoms with Crippen molar-refractivity contribution in [1.29, 1.82) is 0 Å². The van der Waals surface area contributed by atoms with Crippen LogP contribution in [-0.4, -0.2) is 37.0 Å². The summed E-state index contributed by atoms with van der Waals surface area (Å²) in [4.78, 5) is 12.0. The van der Waals surface area contributed by atoms with Crippen molar-refractivity contribution >= 4 is 6.29 Å². The van der Waals surface area contributed by atoms with Gasteiger partial charge >= 0.3 is 0 Å². The first-order chi connectivity index (χ1) is 5.33. The van der Waals surface area contributed by atoms with Gasteiger partial charge in [0.15, 0.2) is 0 Å². The highest BCUT2D eigenvalue weighted by Gasteiger charge is 2.18. The van der Waals surface area contributed by atoms with Gasteiger partial charge < -0.3 is 9.69 Å². The second kappa shape index (κ2) is 4.44. The van der Waals surface area contributed by atoms with Gasteiger partial charge in [0.1, 0.15) is 12.5 Å². The van der Waals surface area contributed by atoms with Crippen LogP contribution < -0.4 is 0 Å². The molecule has 1 aliphatic heterocycles. The molecule has 0 saturated carbocycles. The van der Waals surface area contributed by atoms with Crippen molar-refractivity contribution < 1.29 is 9.18 Å². The summed E-state index contributed by atoms with van der Waals surface area (Å²) in [7, 11) is 0. The van der Waals surface area contributed by atoms with Crippen molar-refractivity contribution in [3.8, 4) is 0 Å². The maximum atomic E-state index is 12.7. The molecule has 0 aromatic carbocycles. The van der Waals surface area contributed by atoms with E-state index in [-0.39, 0.29) is 0 Å². The predicted octanol–water partition coefficient (Wildman–Crippen LogP) is 0.823. The molecule has 1 atom stereocenters. The van der Waals surface area contributed by atoms with Crippen molar-refractivity contribution in [2.24, 2.45) is 0 Å². The quantitative estimate of drug-likeness (QED) is 0.567. The Labute approximate surface area is 66.4 Å².